The lowest BCUT2D eigenvalue weighted by molar-refractivity contribution is -0.138. The summed E-state index contributed by atoms with van der Waals surface area (Å²) in [7, 11) is 2.08. The van der Waals surface area contributed by atoms with Crippen LogP contribution in [0, 0.1) is 0 Å². The Morgan fingerprint density at radius 2 is 1.81 bits per heavy atom. The largest absolute Gasteiger partial charge is 0.416 e. The molecule has 1 saturated heterocycles. The van der Waals surface area contributed by atoms with Crippen LogP contribution in [-0.2, 0) is 12.6 Å². The lowest BCUT2D eigenvalue weighted by Gasteiger charge is -2.32. The lowest BCUT2D eigenvalue weighted by Crippen LogP contribution is -2.44. The summed E-state index contributed by atoms with van der Waals surface area (Å²) in [5, 5.41) is 0.211. The quantitative estimate of drug-likeness (QED) is 0.837. The minimum absolute atomic E-state index is 0.211. The number of halogens is 4. The lowest BCUT2D eigenvalue weighted by atomic mass is 10.0. The van der Waals surface area contributed by atoms with Crippen molar-refractivity contribution in [1.29, 1.82) is 0 Å². The smallest absolute Gasteiger partial charge is 0.304 e. The predicted molar refractivity (Wildman–Crippen MR) is 78.7 cm³/mol. The minimum Gasteiger partial charge on any atom is -0.304 e. The number of rotatable bonds is 4. The van der Waals surface area contributed by atoms with Gasteiger partial charge in [0.15, 0.2) is 0 Å². The number of nitrogens with zero attached hydrogens (tertiary/aromatic N) is 2. The topological polar surface area (TPSA) is 6.48 Å². The third-order valence-corrected chi connectivity index (χ3v) is 4.28. The summed E-state index contributed by atoms with van der Waals surface area (Å²) in [5.74, 6) is 0. The molecule has 1 aliphatic rings. The van der Waals surface area contributed by atoms with Crippen molar-refractivity contribution >= 4 is 11.6 Å². The molecule has 2 rings (SSSR count). The van der Waals surface area contributed by atoms with Gasteiger partial charge in [-0.15, -0.1) is 0 Å². The number of alkyl halides is 3. The van der Waals surface area contributed by atoms with Gasteiger partial charge in [-0.25, -0.2) is 0 Å². The van der Waals surface area contributed by atoms with Crippen molar-refractivity contribution in [2.24, 2.45) is 0 Å². The third-order valence-electron chi connectivity index (χ3n) is 3.92. The van der Waals surface area contributed by atoms with E-state index in [1.165, 1.54) is 12.1 Å². The summed E-state index contributed by atoms with van der Waals surface area (Å²) in [4.78, 5) is 4.55. The SMILES string of the molecule is CN1CCN(CCCc2c(Cl)cccc2C(F)(F)F)CC1. The van der Waals surface area contributed by atoms with Gasteiger partial charge in [0, 0.05) is 31.2 Å². The molecule has 1 aliphatic heterocycles. The highest BCUT2D eigenvalue weighted by Crippen LogP contribution is 2.35. The van der Waals surface area contributed by atoms with Crippen LogP contribution in [0.25, 0.3) is 0 Å². The van der Waals surface area contributed by atoms with E-state index >= 15 is 0 Å². The van der Waals surface area contributed by atoms with Gasteiger partial charge in [0.2, 0.25) is 0 Å². The first-order valence-corrected chi connectivity index (χ1v) is 7.51. The van der Waals surface area contributed by atoms with Gasteiger partial charge in [0.25, 0.3) is 0 Å². The monoisotopic (exact) mass is 320 g/mol. The second-order valence-corrected chi connectivity index (χ2v) is 5.92. The molecule has 0 amide bonds. The van der Waals surface area contributed by atoms with Crippen molar-refractivity contribution in [2.45, 2.75) is 19.0 Å². The molecule has 6 heteroatoms. The molecule has 1 heterocycles. The summed E-state index contributed by atoms with van der Waals surface area (Å²) >= 11 is 5.96. The zero-order valence-corrected chi connectivity index (χ0v) is 12.8. The highest BCUT2D eigenvalue weighted by atomic mass is 35.5. The molecule has 0 N–H and O–H groups in total. The Kier molecular flexibility index (Phi) is 5.52. The maximum atomic E-state index is 13.0. The summed E-state index contributed by atoms with van der Waals surface area (Å²) in [5.41, 5.74) is -0.380. The molecule has 118 valence electrons. The maximum absolute atomic E-state index is 13.0. The van der Waals surface area contributed by atoms with Gasteiger partial charge in [-0.1, -0.05) is 17.7 Å². The molecule has 0 spiro atoms. The number of likely N-dealkylation sites (N-methyl/N-ethyl adjacent to an activating group) is 1. The van der Waals surface area contributed by atoms with Crippen molar-refractivity contribution in [3.05, 3.63) is 34.3 Å². The van der Waals surface area contributed by atoms with Gasteiger partial charge in [-0.05, 0) is 44.1 Å². The zero-order valence-electron chi connectivity index (χ0n) is 12.1. The Morgan fingerprint density at radius 1 is 1.14 bits per heavy atom. The molecule has 0 aromatic heterocycles. The number of hydrogen-bond acceptors (Lipinski definition) is 2. The zero-order chi connectivity index (χ0) is 15.5. The Hall–Kier alpha value is -0.780. The van der Waals surface area contributed by atoms with Crippen LogP contribution in [0.5, 0.6) is 0 Å². The minimum atomic E-state index is -4.34. The van der Waals surface area contributed by atoms with Gasteiger partial charge < -0.3 is 9.80 Å². The van der Waals surface area contributed by atoms with E-state index in [0.29, 0.717) is 12.8 Å². The molecule has 1 aromatic rings. The van der Waals surface area contributed by atoms with Gasteiger partial charge in [-0.2, -0.15) is 13.2 Å². The van der Waals surface area contributed by atoms with Crippen molar-refractivity contribution in [3.8, 4) is 0 Å². The summed E-state index contributed by atoms with van der Waals surface area (Å²) in [6, 6.07) is 3.99. The standard InChI is InChI=1S/C15H20ClF3N2/c1-20-8-10-21(11-9-20)7-3-4-12-13(15(17,18)19)5-2-6-14(12)16/h2,5-6H,3-4,7-11H2,1H3. The van der Waals surface area contributed by atoms with Crippen molar-refractivity contribution < 1.29 is 13.2 Å². The first-order valence-electron chi connectivity index (χ1n) is 7.13. The first kappa shape index (κ1) is 16.6. The molecule has 0 bridgehead atoms. The van der Waals surface area contributed by atoms with E-state index in [-0.39, 0.29) is 10.6 Å². The van der Waals surface area contributed by atoms with E-state index in [1.807, 2.05) is 0 Å². The number of benzene rings is 1. The predicted octanol–water partition coefficient (Wildman–Crippen LogP) is 3.54. The van der Waals surface area contributed by atoms with Crippen LogP contribution in [0.2, 0.25) is 5.02 Å². The average molecular weight is 321 g/mol. The molecule has 1 fully saturated rings. The van der Waals surface area contributed by atoms with Crippen LogP contribution in [0.3, 0.4) is 0 Å². The summed E-state index contributed by atoms with van der Waals surface area (Å²) < 4.78 is 38.9. The highest BCUT2D eigenvalue weighted by molar-refractivity contribution is 6.31. The second kappa shape index (κ2) is 6.99. The Morgan fingerprint density at radius 3 is 2.43 bits per heavy atom. The molecule has 0 radical (unpaired) electrons. The van der Waals surface area contributed by atoms with Crippen molar-refractivity contribution in [3.63, 3.8) is 0 Å². The maximum Gasteiger partial charge on any atom is 0.416 e. The second-order valence-electron chi connectivity index (χ2n) is 5.51. The third kappa shape index (κ3) is 4.59. The summed E-state index contributed by atoms with van der Waals surface area (Å²) in [6.45, 7) is 4.80. The van der Waals surface area contributed by atoms with Gasteiger partial charge in [0.1, 0.15) is 0 Å². The molecule has 21 heavy (non-hydrogen) atoms. The fourth-order valence-electron chi connectivity index (χ4n) is 2.63. The molecule has 0 atom stereocenters. The Bertz CT molecular complexity index is 468. The Balaban J connectivity index is 1.94. The van der Waals surface area contributed by atoms with Crippen LogP contribution < -0.4 is 0 Å². The van der Waals surface area contributed by atoms with Crippen LogP contribution in [-0.4, -0.2) is 49.6 Å². The van der Waals surface area contributed by atoms with Crippen LogP contribution in [0.4, 0.5) is 13.2 Å². The summed E-state index contributed by atoms with van der Waals surface area (Å²) in [6.07, 6.45) is -3.29. The number of hydrogen-bond donors (Lipinski definition) is 0. The Labute approximate surface area is 128 Å². The van der Waals surface area contributed by atoms with E-state index in [9.17, 15) is 13.2 Å². The van der Waals surface area contributed by atoms with E-state index in [4.69, 9.17) is 11.6 Å². The molecule has 0 saturated carbocycles. The normalized spacial score (nSPS) is 18.1. The first-order chi connectivity index (χ1) is 9.88. The van der Waals surface area contributed by atoms with Gasteiger partial charge in [-0.3, -0.25) is 0 Å². The van der Waals surface area contributed by atoms with Gasteiger partial charge >= 0.3 is 6.18 Å². The fourth-order valence-corrected chi connectivity index (χ4v) is 2.90. The number of piperazine rings is 1. The van der Waals surface area contributed by atoms with Crippen molar-refractivity contribution in [1.82, 2.24) is 9.80 Å². The molecular weight excluding hydrogens is 301 g/mol. The molecule has 0 unspecified atom stereocenters. The van der Waals surface area contributed by atoms with E-state index in [0.717, 1.165) is 38.8 Å². The van der Waals surface area contributed by atoms with Crippen LogP contribution in [0.1, 0.15) is 17.5 Å². The van der Waals surface area contributed by atoms with Crippen LogP contribution in [0.15, 0.2) is 18.2 Å². The van der Waals surface area contributed by atoms with E-state index < -0.39 is 11.7 Å². The molecule has 0 aliphatic carbocycles. The van der Waals surface area contributed by atoms with E-state index in [2.05, 4.69) is 16.8 Å². The van der Waals surface area contributed by atoms with Crippen LogP contribution >= 0.6 is 11.6 Å². The molecular formula is C15H20ClF3N2. The molecule has 2 nitrogen and oxygen atoms in total. The molecule has 1 aromatic carbocycles. The fraction of sp³-hybridized carbons (Fsp3) is 0.600. The van der Waals surface area contributed by atoms with Gasteiger partial charge in [0.05, 0.1) is 5.56 Å². The van der Waals surface area contributed by atoms with E-state index in [1.54, 1.807) is 0 Å². The average Bonchev–Trinajstić information content (AvgIpc) is 2.41. The highest BCUT2D eigenvalue weighted by Gasteiger charge is 2.33. The van der Waals surface area contributed by atoms with Crippen molar-refractivity contribution in [2.75, 3.05) is 39.8 Å².